The minimum atomic E-state index is 0.571. The predicted octanol–water partition coefficient (Wildman–Crippen LogP) is 4.90. The Balaban J connectivity index is 2.15. The zero-order chi connectivity index (χ0) is 15.9. The summed E-state index contributed by atoms with van der Waals surface area (Å²) in [5.41, 5.74) is 6.69. The molecule has 6 heteroatoms. The molecule has 1 heterocycles. The standard InChI is InChI=1S/C16H18BrCl2N3/c17-13-4-6-16(21-10-13)22(8-2-1-7-20)11-12-3-5-14(18)15(19)9-12/h3-6,9-10H,1-2,7-8,11,20H2. The average molecular weight is 403 g/mol. The maximum Gasteiger partial charge on any atom is 0.128 e. The number of nitrogens with zero attached hydrogens (tertiary/aromatic N) is 2. The van der Waals surface area contributed by atoms with Gasteiger partial charge in [0, 0.05) is 23.8 Å². The summed E-state index contributed by atoms with van der Waals surface area (Å²) in [6.07, 6.45) is 3.82. The van der Waals surface area contributed by atoms with Gasteiger partial charge in [-0.25, -0.2) is 4.98 Å². The van der Waals surface area contributed by atoms with E-state index in [1.165, 1.54) is 0 Å². The lowest BCUT2D eigenvalue weighted by atomic mass is 10.2. The van der Waals surface area contributed by atoms with E-state index in [-0.39, 0.29) is 0 Å². The molecule has 3 nitrogen and oxygen atoms in total. The highest BCUT2D eigenvalue weighted by atomic mass is 79.9. The highest BCUT2D eigenvalue weighted by molar-refractivity contribution is 9.10. The van der Waals surface area contributed by atoms with Crippen LogP contribution < -0.4 is 10.6 Å². The Kier molecular flexibility index (Phi) is 6.96. The van der Waals surface area contributed by atoms with Gasteiger partial charge in [-0.05, 0) is 65.1 Å². The largest absolute Gasteiger partial charge is 0.352 e. The van der Waals surface area contributed by atoms with Gasteiger partial charge in [0.15, 0.2) is 0 Å². The van der Waals surface area contributed by atoms with Crippen molar-refractivity contribution in [2.45, 2.75) is 19.4 Å². The molecule has 0 aliphatic carbocycles. The van der Waals surface area contributed by atoms with Crippen LogP contribution in [0, 0.1) is 0 Å². The summed E-state index contributed by atoms with van der Waals surface area (Å²) in [7, 11) is 0. The maximum atomic E-state index is 6.10. The molecule has 0 fully saturated rings. The number of unbranched alkanes of at least 4 members (excludes halogenated alkanes) is 1. The molecule has 1 aromatic heterocycles. The molecule has 2 rings (SSSR count). The first-order chi connectivity index (χ1) is 10.6. The minimum Gasteiger partial charge on any atom is -0.352 e. The fraction of sp³-hybridized carbons (Fsp3) is 0.312. The second-order valence-corrected chi connectivity index (χ2v) is 6.73. The van der Waals surface area contributed by atoms with Gasteiger partial charge in [0.05, 0.1) is 10.0 Å². The zero-order valence-electron chi connectivity index (χ0n) is 12.1. The first kappa shape index (κ1) is 17.5. The van der Waals surface area contributed by atoms with Crippen LogP contribution in [0.5, 0.6) is 0 Å². The summed E-state index contributed by atoms with van der Waals surface area (Å²) < 4.78 is 0.965. The quantitative estimate of drug-likeness (QED) is 0.670. The summed E-state index contributed by atoms with van der Waals surface area (Å²) >= 11 is 15.5. The van der Waals surface area contributed by atoms with Crippen LogP contribution in [0.2, 0.25) is 10.0 Å². The molecule has 1 aromatic carbocycles. The number of hydrogen-bond acceptors (Lipinski definition) is 3. The summed E-state index contributed by atoms with van der Waals surface area (Å²) in [6.45, 7) is 2.33. The Morgan fingerprint density at radius 3 is 2.55 bits per heavy atom. The van der Waals surface area contributed by atoms with Gasteiger partial charge in [-0.2, -0.15) is 0 Å². The molecule has 0 saturated heterocycles. The Bertz CT molecular complexity index is 605. The first-order valence-corrected chi connectivity index (χ1v) is 8.65. The Hall–Kier alpha value is -0.810. The van der Waals surface area contributed by atoms with E-state index >= 15 is 0 Å². The van der Waals surface area contributed by atoms with E-state index in [0.29, 0.717) is 16.6 Å². The first-order valence-electron chi connectivity index (χ1n) is 7.10. The number of halogens is 3. The van der Waals surface area contributed by atoms with Crippen molar-refractivity contribution in [1.29, 1.82) is 0 Å². The van der Waals surface area contributed by atoms with Gasteiger partial charge in [0.2, 0.25) is 0 Å². The van der Waals surface area contributed by atoms with Crippen molar-refractivity contribution in [3.05, 3.63) is 56.6 Å². The van der Waals surface area contributed by atoms with Crippen LogP contribution in [0.1, 0.15) is 18.4 Å². The summed E-state index contributed by atoms with van der Waals surface area (Å²) in [6, 6.07) is 9.71. The Morgan fingerprint density at radius 1 is 1.09 bits per heavy atom. The number of benzene rings is 1. The fourth-order valence-corrected chi connectivity index (χ4v) is 2.69. The lowest BCUT2D eigenvalue weighted by Gasteiger charge is -2.24. The molecule has 22 heavy (non-hydrogen) atoms. The third-order valence-corrected chi connectivity index (χ3v) is 4.48. The maximum absolute atomic E-state index is 6.10. The van der Waals surface area contributed by atoms with Crippen LogP contribution in [0.3, 0.4) is 0 Å². The van der Waals surface area contributed by atoms with E-state index < -0.39 is 0 Å². The van der Waals surface area contributed by atoms with Crippen molar-refractivity contribution in [1.82, 2.24) is 4.98 Å². The van der Waals surface area contributed by atoms with Crippen LogP contribution in [-0.2, 0) is 6.54 Å². The number of hydrogen-bond donors (Lipinski definition) is 1. The van der Waals surface area contributed by atoms with Gasteiger partial charge in [-0.15, -0.1) is 0 Å². The number of rotatable bonds is 7. The fourth-order valence-electron chi connectivity index (χ4n) is 2.14. The third kappa shape index (κ3) is 5.13. The van der Waals surface area contributed by atoms with Crippen LogP contribution in [0.15, 0.2) is 41.0 Å². The molecule has 118 valence electrons. The van der Waals surface area contributed by atoms with Gasteiger partial charge >= 0.3 is 0 Å². The van der Waals surface area contributed by atoms with E-state index in [1.807, 2.05) is 30.3 Å². The van der Waals surface area contributed by atoms with Gasteiger partial charge in [-0.1, -0.05) is 29.3 Å². The van der Waals surface area contributed by atoms with Crippen molar-refractivity contribution < 1.29 is 0 Å². The van der Waals surface area contributed by atoms with Crippen molar-refractivity contribution >= 4 is 44.9 Å². The monoisotopic (exact) mass is 401 g/mol. The molecule has 2 N–H and O–H groups in total. The molecule has 0 aliphatic rings. The van der Waals surface area contributed by atoms with Gasteiger partial charge < -0.3 is 10.6 Å². The lowest BCUT2D eigenvalue weighted by Crippen LogP contribution is -2.25. The van der Waals surface area contributed by atoms with Crippen molar-refractivity contribution in [2.75, 3.05) is 18.0 Å². The van der Waals surface area contributed by atoms with E-state index in [1.54, 1.807) is 6.20 Å². The van der Waals surface area contributed by atoms with Crippen molar-refractivity contribution in [3.63, 3.8) is 0 Å². The molecule has 2 aromatic rings. The molecular formula is C16H18BrCl2N3. The molecule has 0 aliphatic heterocycles. The number of nitrogens with two attached hydrogens (primary N) is 1. The van der Waals surface area contributed by atoms with Crippen LogP contribution in [-0.4, -0.2) is 18.1 Å². The summed E-state index contributed by atoms with van der Waals surface area (Å²) in [5.74, 6) is 0.936. The van der Waals surface area contributed by atoms with Gasteiger partial charge in [0.25, 0.3) is 0 Å². The molecule has 0 spiro atoms. The SMILES string of the molecule is NCCCCN(Cc1ccc(Cl)c(Cl)c1)c1ccc(Br)cn1. The predicted molar refractivity (Wildman–Crippen MR) is 97.7 cm³/mol. The van der Waals surface area contributed by atoms with Crippen LogP contribution in [0.4, 0.5) is 5.82 Å². The Morgan fingerprint density at radius 2 is 1.91 bits per heavy atom. The zero-order valence-corrected chi connectivity index (χ0v) is 15.2. The second kappa shape index (κ2) is 8.73. The number of anilines is 1. The number of aromatic nitrogens is 1. The highest BCUT2D eigenvalue weighted by Crippen LogP contribution is 2.24. The topological polar surface area (TPSA) is 42.1 Å². The summed E-state index contributed by atoms with van der Waals surface area (Å²) in [4.78, 5) is 6.71. The molecule has 0 saturated carbocycles. The third-order valence-electron chi connectivity index (χ3n) is 3.28. The van der Waals surface area contributed by atoms with Crippen LogP contribution in [0.25, 0.3) is 0 Å². The molecule has 0 bridgehead atoms. The Labute approximate surface area is 149 Å². The smallest absolute Gasteiger partial charge is 0.128 e. The summed E-state index contributed by atoms with van der Waals surface area (Å²) in [5, 5.41) is 1.15. The average Bonchev–Trinajstić information content (AvgIpc) is 2.51. The van der Waals surface area contributed by atoms with E-state index in [4.69, 9.17) is 28.9 Å². The van der Waals surface area contributed by atoms with E-state index in [2.05, 4.69) is 25.8 Å². The normalized spacial score (nSPS) is 10.7. The van der Waals surface area contributed by atoms with E-state index in [0.717, 1.165) is 41.8 Å². The highest BCUT2D eigenvalue weighted by Gasteiger charge is 2.10. The second-order valence-electron chi connectivity index (χ2n) is 5.00. The molecular weight excluding hydrogens is 385 g/mol. The van der Waals surface area contributed by atoms with Gasteiger partial charge in [0.1, 0.15) is 5.82 Å². The molecule has 0 atom stereocenters. The lowest BCUT2D eigenvalue weighted by molar-refractivity contribution is 0.685. The molecule has 0 unspecified atom stereocenters. The molecule has 0 radical (unpaired) electrons. The number of pyridine rings is 1. The van der Waals surface area contributed by atoms with E-state index in [9.17, 15) is 0 Å². The molecule has 0 amide bonds. The van der Waals surface area contributed by atoms with Crippen molar-refractivity contribution in [2.24, 2.45) is 5.73 Å². The van der Waals surface area contributed by atoms with Crippen LogP contribution >= 0.6 is 39.1 Å². The van der Waals surface area contributed by atoms with Crippen molar-refractivity contribution in [3.8, 4) is 0 Å². The van der Waals surface area contributed by atoms with Gasteiger partial charge in [-0.3, -0.25) is 0 Å². The minimum absolute atomic E-state index is 0.571.